The molecule has 0 bridgehead atoms. The molecule has 4 rings (SSSR count). The average Bonchev–Trinajstić information content (AvgIpc) is 2.96. The van der Waals surface area contributed by atoms with Crippen LogP contribution in [0.15, 0.2) is 84.9 Å². The van der Waals surface area contributed by atoms with E-state index in [4.69, 9.17) is 0 Å². The molecule has 3 aromatic carbocycles. The van der Waals surface area contributed by atoms with E-state index in [9.17, 15) is 14.4 Å². The normalized spacial score (nSPS) is 13.8. The lowest BCUT2D eigenvalue weighted by Gasteiger charge is -2.30. The predicted molar refractivity (Wildman–Crippen MR) is 146 cm³/mol. The van der Waals surface area contributed by atoms with Gasteiger partial charge in [0.15, 0.2) is 0 Å². The zero-order valence-corrected chi connectivity index (χ0v) is 21.1. The average molecular weight is 497 g/mol. The van der Waals surface area contributed by atoms with Crippen molar-refractivity contribution in [1.29, 1.82) is 0 Å². The van der Waals surface area contributed by atoms with Crippen LogP contribution in [0.5, 0.6) is 0 Å². The van der Waals surface area contributed by atoms with E-state index in [1.54, 1.807) is 18.2 Å². The van der Waals surface area contributed by atoms with Crippen LogP contribution in [0.1, 0.15) is 53.6 Å². The highest BCUT2D eigenvalue weighted by molar-refractivity contribution is 6.04. The van der Waals surface area contributed by atoms with Crippen molar-refractivity contribution in [3.8, 4) is 0 Å². The maximum Gasteiger partial charge on any atom is 0.330 e. The van der Waals surface area contributed by atoms with E-state index in [-0.39, 0.29) is 17.7 Å². The van der Waals surface area contributed by atoms with Gasteiger partial charge in [0, 0.05) is 28.9 Å². The number of ether oxygens (including phenoxy) is 1. The summed E-state index contributed by atoms with van der Waals surface area (Å²) in [5.74, 6) is -0.470. The molecule has 1 aliphatic rings. The first-order valence-electron chi connectivity index (χ1n) is 12.7. The molecule has 3 aromatic rings. The third-order valence-electron chi connectivity index (χ3n) is 6.60. The number of nitrogens with one attached hydrogen (secondary N) is 1. The molecule has 0 radical (unpaired) electrons. The fourth-order valence-corrected chi connectivity index (χ4v) is 4.56. The number of carbonyl (C=O) groups is 3. The number of methoxy groups -OCH3 is 1. The van der Waals surface area contributed by atoms with Gasteiger partial charge in [0.2, 0.25) is 5.91 Å². The molecule has 0 unspecified atom stereocenters. The molecule has 0 heterocycles. The predicted octanol–water partition coefficient (Wildman–Crippen LogP) is 6.24. The fraction of sp³-hybridized carbons (Fsp3) is 0.258. The lowest BCUT2D eigenvalue weighted by Crippen LogP contribution is -2.36. The highest BCUT2D eigenvalue weighted by Crippen LogP contribution is 2.29. The molecule has 190 valence electrons. The second kappa shape index (κ2) is 12.7. The Balaban J connectivity index is 1.54. The van der Waals surface area contributed by atoms with Gasteiger partial charge in [-0.1, -0.05) is 61.7 Å². The number of hydrogen-bond donors (Lipinski definition) is 1. The number of carbonyl (C=O) groups excluding carboxylic acids is 3. The van der Waals surface area contributed by atoms with E-state index in [1.807, 2.05) is 71.6 Å². The Morgan fingerprint density at radius 3 is 2.35 bits per heavy atom. The van der Waals surface area contributed by atoms with Gasteiger partial charge in [0.1, 0.15) is 0 Å². The molecule has 1 aliphatic carbocycles. The van der Waals surface area contributed by atoms with Gasteiger partial charge in [0.05, 0.1) is 13.7 Å². The number of amides is 2. The van der Waals surface area contributed by atoms with Crippen molar-refractivity contribution >= 4 is 35.2 Å². The molecule has 0 spiro atoms. The van der Waals surface area contributed by atoms with Crippen molar-refractivity contribution in [2.24, 2.45) is 5.92 Å². The Kier molecular flexibility index (Phi) is 8.87. The Bertz CT molecular complexity index is 1250. The summed E-state index contributed by atoms with van der Waals surface area (Å²) < 4.78 is 4.69. The minimum absolute atomic E-state index is 0.00690. The number of benzene rings is 3. The molecule has 1 fully saturated rings. The molecular formula is C31H32N2O4. The van der Waals surface area contributed by atoms with E-state index in [1.165, 1.54) is 19.6 Å². The SMILES string of the molecule is COC(=O)/C=C/c1cccc(N(Cc2ccc(NC(=O)c3ccccc3)cc2)C(=O)C2CCCCC2)c1. The van der Waals surface area contributed by atoms with E-state index < -0.39 is 5.97 Å². The van der Waals surface area contributed by atoms with Gasteiger partial charge in [0.25, 0.3) is 5.91 Å². The Morgan fingerprint density at radius 1 is 0.919 bits per heavy atom. The largest absolute Gasteiger partial charge is 0.466 e. The minimum Gasteiger partial charge on any atom is -0.466 e. The lowest BCUT2D eigenvalue weighted by atomic mass is 9.88. The summed E-state index contributed by atoms with van der Waals surface area (Å²) in [7, 11) is 1.34. The van der Waals surface area contributed by atoms with Gasteiger partial charge >= 0.3 is 5.97 Å². The van der Waals surface area contributed by atoms with Crippen LogP contribution in [-0.2, 0) is 20.9 Å². The summed E-state index contributed by atoms with van der Waals surface area (Å²) in [5, 5.41) is 2.92. The first-order chi connectivity index (χ1) is 18.0. The number of esters is 1. The number of hydrogen-bond acceptors (Lipinski definition) is 4. The van der Waals surface area contributed by atoms with Crippen LogP contribution in [0.25, 0.3) is 6.08 Å². The van der Waals surface area contributed by atoms with Gasteiger partial charge < -0.3 is 15.0 Å². The van der Waals surface area contributed by atoms with Gasteiger partial charge in [-0.2, -0.15) is 0 Å². The van der Waals surface area contributed by atoms with E-state index in [0.717, 1.165) is 42.5 Å². The van der Waals surface area contributed by atoms with Crippen LogP contribution >= 0.6 is 0 Å². The molecule has 0 saturated heterocycles. The molecule has 6 heteroatoms. The van der Waals surface area contributed by atoms with E-state index in [2.05, 4.69) is 10.1 Å². The van der Waals surface area contributed by atoms with Crippen LogP contribution < -0.4 is 10.2 Å². The van der Waals surface area contributed by atoms with Gasteiger partial charge in [-0.3, -0.25) is 9.59 Å². The molecule has 1 saturated carbocycles. The van der Waals surface area contributed by atoms with Gasteiger partial charge in [-0.15, -0.1) is 0 Å². The van der Waals surface area contributed by atoms with Crippen LogP contribution in [0.3, 0.4) is 0 Å². The van der Waals surface area contributed by atoms with Crippen LogP contribution in [-0.4, -0.2) is 24.9 Å². The van der Waals surface area contributed by atoms with Crippen LogP contribution in [0.2, 0.25) is 0 Å². The minimum atomic E-state index is -0.431. The molecule has 2 amide bonds. The standard InChI is InChI=1S/C31H32N2O4/c1-37-29(34)20-17-23-9-8-14-28(21-23)33(31(36)26-12-6-3-7-13-26)22-24-15-18-27(19-16-24)32-30(35)25-10-4-2-5-11-25/h2,4-5,8-11,14-21,26H,3,6-7,12-13,22H2,1H3,(H,32,35)/b20-17+. The number of anilines is 2. The van der Waals surface area contributed by atoms with Crippen molar-refractivity contribution in [3.05, 3.63) is 102 Å². The number of nitrogens with zero attached hydrogens (tertiary/aromatic N) is 1. The molecule has 0 aliphatic heterocycles. The quantitative estimate of drug-likeness (QED) is 0.296. The van der Waals surface area contributed by atoms with Gasteiger partial charge in [-0.25, -0.2) is 4.79 Å². The highest BCUT2D eigenvalue weighted by Gasteiger charge is 2.27. The Labute approximate surface area is 218 Å². The first kappa shape index (κ1) is 25.9. The molecule has 37 heavy (non-hydrogen) atoms. The summed E-state index contributed by atoms with van der Waals surface area (Å²) >= 11 is 0. The third kappa shape index (κ3) is 7.17. The Morgan fingerprint density at radius 2 is 1.65 bits per heavy atom. The smallest absolute Gasteiger partial charge is 0.330 e. The molecule has 0 atom stereocenters. The van der Waals surface area contributed by atoms with E-state index >= 15 is 0 Å². The second-order valence-corrected chi connectivity index (χ2v) is 9.23. The van der Waals surface area contributed by atoms with Crippen molar-refractivity contribution in [1.82, 2.24) is 0 Å². The maximum atomic E-state index is 13.7. The van der Waals surface area contributed by atoms with Crippen LogP contribution in [0.4, 0.5) is 11.4 Å². The molecule has 6 nitrogen and oxygen atoms in total. The maximum absolute atomic E-state index is 13.7. The summed E-state index contributed by atoms with van der Waals surface area (Å²) in [6, 6.07) is 24.3. The van der Waals surface area contributed by atoms with Crippen molar-refractivity contribution in [3.63, 3.8) is 0 Å². The summed E-state index contributed by atoms with van der Waals surface area (Å²) in [5.41, 5.74) is 3.83. The molecule has 1 N–H and O–H groups in total. The monoisotopic (exact) mass is 496 g/mol. The van der Waals surface area contributed by atoms with E-state index in [0.29, 0.717) is 17.8 Å². The van der Waals surface area contributed by atoms with Crippen molar-refractivity contribution in [2.45, 2.75) is 38.6 Å². The zero-order chi connectivity index (χ0) is 26.0. The zero-order valence-electron chi connectivity index (χ0n) is 21.1. The fourth-order valence-electron chi connectivity index (χ4n) is 4.56. The molecular weight excluding hydrogens is 464 g/mol. The Hall–Kier alpha value is -4.19. The first-order valence-corrected chi connectivity index (χ1v) is 12.7. The van der Waals surface area contributed by atoms with Crippen molar-refractivity contribution in [2.75, 3.05) is 17.3 Å². The van der Waals surface area contributed by atoms with Crippen molar-refractivity contribution < 1.29 is 19.1 Å². The van der Waals surface area contributed by atoms with Gasteiger partial charge in [-0.05, 0) is 66.4 Å². The summed E-state index contributed by atoms with van der Waals surface area (Å²) in [6.07, 6.45) is 8.18. The highest BCUT2D eigenvalue weighted by atomic mass is 16.5. The second-order valence-electron chi connectivity index (χ2n) is 9.23. The number of rotatable bonds is 8. The third-order valence-corrected chi connectivity index (χ3v) is 6.60. The topological polar surface area (TPSA) is 75.7 Å². The van der Waals surface area contributed by atoms with Crippen LogP contribution in [0, 0.1) is 5.92 Å². The lowest BCUT2D eigenvalue weighted by molar-refractivity contribution is -0.134. The summed E-state index contributed by atoms with van der Waals surface area (Å²) in [4.78, 5) is 39.5. The molecule has 0 aromatic heterocycles. The summed E-state index contributed by atoms with van der Waals surface area (Å²) in [6.45, 7) is 0.409.